The number of Topliss-reactive ketones (excluding diaryl/α,β-unsaturated/α-hetero) is 1. The van der Waals surface area contributed by atoms with Gasteiger partial charge in [-0.15, -0.1) is 0 Å². The van der Waals surface area contributed by atoms with Gasteiger partial charge in [0.15, 0.2) is 5.78 Å². The zero-order valence-corrected chi connectivity index (χ0v) is 10.5. The first kappa shape index (κ1) is 18.6. The average molecular weight is 196 g/mol. The van der Waals surface area contributed by atoms with E-state index >= 15 is 0 Å². The lowest BCUT2D eigenvalue weighted by molar-refractivity contribution is -0.113. The maximum atomic E-state index is 10.7. The molecule has 0 aromatic heterocycles. The second-order valence-electron chi connectivity index (χ2n) is 2.21. The van der Waals surface area contributed by atoms with Gasteiger partial charge in [-0.2, -0.15) is 0 Å². The van der Waals surface area contributed by atoms with Crippen molar-refractivity contribution in [3.63, 3.8) is 0 Å². The molecule has 0 atom stereocenters. The van der Waals surface area contributed by atoms with Gasteiger partial charge < -0.3 is 0 Å². The van der Waals surface area contributed by atoms with Crippen molar-refractivity contribution in [3.05, 3.63) is 36.5 Å². The number of ketones is 1. The molecular weight excluding hydrogens is 172 g/mol. The SMILES string of the molecule is C=C/C(=C\C(=C)C)C(C)=O.CC.CC. The second-order valence-corrected chi connectivity index (χ2v) is 2.21. The first-order valence-electron chi connectivity index (χ1n) is 5.08. The van der Waals surface area contributed by atoms with E-state index in [4.69, 9.17) is 0 Å². The highest BCUT2D eigenvalue weighted by Crippen LogP contribution is 2.01. The van der Waals surface area contributed by atoms with Crippen molar-refractivity contribution in [3.8, 4) is 0 Å². The molecule has 0 heterocycles. The maximum Gasteiger partial charge on any atom is 0.159 e. The standard InChI is InChI=1S/C9H12O.2C2H6/c1-5-9(8(4)10)6-7(2)3;2*1-2/h5-6H,1-2H2,3-4H3;2*1-2H3/b9-6+;;. The highest BCUT2D eigenvalue weighted by atomic mass is 16.1. The molecule has 0 aromatic carbocycles. The van der Waals surface area contributed by atoms with Crippen LogP contribution in [0.1, 0.15) is 41.5 Å². The molecule has 82 valence electrons. The van der Waals surface area contributed by atoms with Crippen LogP contribution in [0.15, 0.2) is 36.5 Å². The number of hydrogen-bond acceptors (Lipinski definition) is 1. The normalized spacial score (nSPS) is 8.57. The topological polar surface area (TPSA) is 17.1 Å². The summed E-state index contributed by atoms with van der Waals surface area (Å²) in [4.78, 5) is 10.7. The van der Waals surface area contributed by atoms with Gasteiger partial charge in [0.2, 0.25) is 0 Å². The van der Waals surface area contributed by atoms with Crippen molar-refractivity contribution >= 4 is 5.78 Å². The van der Waals surface area contributed by atoms with Crippen molar-refractivity contribution in [1.29, 1.82) is 0 Å². The summed E-state index contributed by atoms with van der Waals surface area (Å²) in [6, 6.07) is 0. The Morgan fingerprint density at radius 2 is 1.43 bits per heavy atom. The summed E-state index contributed by atoms with van der Waals surface area (Å²) >= 11 is 0. The number of carbonyl (C=O) groups excluding carboxylic acids is 1. The van der Waals surface area contributed by atoms with Crippen molar-refractivity contribution < 1.29 is 4.79 Å². The van der Waals surface area contributed by atoms with E-state index in [9.17, 15) is 4.79 Å². The van der Waals surface area contributed by atoms with Crippen LogP contribution in [0.3, 0.4) is 0 Å². The molecule has 0 saturated heterocycles. The highest BCUT2D eigenvalue weighted by molar-refractivity contribution is 5.96. The van der Waals surface area contributed by atoms with E-state index in [-0.39, 0.29) is 5.78 Å². The Hall–Kier alpha value is -1.11. The molecule has 0 rings (SSSR count). The predicted molar refractivity (Wildman–Crippen MR) is 66.5 cm³/mol. The summed E-state index contributed by atoms with van der Waals surface area (Å²) in [5, 5.41) is 0. The smallest absolute Gasteiger partial charge is 0.159 e. The fourth-order valence-corrected chi connectivity index (χ4v) is 0.570. The van der Waals surface area contributed by atoms with E-state index < -0.39 is 0 Å². The Kier molecular flexibility index (Phi) is 19.2. The summed E-state index contributed by atoms with van der Waals surface area (Å²) in [6.45, 7) is 18.5. The summed E-state index contributed by atoms with van der Waals surface area (Å²) in [7, 11) is 0. The molecule has 0 aliphatic carbocycles. The second kappa shape index (κ2) is 14.4. The number of carbonyl (C=O) groups is 1. The maximum absolute atomic E-state index is 10.7. The van der Waals surface area contributed by atoms with Crippen LogP contribution in [0.25, 0.3) is 0 Å². The number of allylic oxidation sites excluding steroid dienone is 4. The van der Waals surface area contributed by atoms with Gasteiger partial charge in [-0.25, -0.2) is 0 Å². The van der Waals surface area contributed by atoms with E-state index in [1.807, 2.05) is 34.6 Å². The lowest BCUT2D eigenvalue weighted by atomic mass is 10.1. The van der Waals surface area contributed by atoms with Gasteiger partial charge in [0.25, 0.3) is 0 Å². The van der Waals surface area contributed by atoms with E-state index in [0.29, 0.717) is 5.57 Å². The van der Waals surface area contributed by atoms with Crippen molar-refractivity contribution in [2.75, 3.05) is 0 Å². The molecule has 0 radical (unpaired) electrons. The highest BCUT2D eigenvalue weighted by Gasteiger charge is 1.95. The molecule has 0 bridgehead atoms. The van der Waals surface area contributed by atoms with E-state index in [1.165, 1.54) is 13.0 Å². The lowest BCUT2D eigenvalue weighted by Crippen LogP contribution is -1.92. The van der Waals surface area contributed by atoms with Gasteiger partial charge in [0.1, 0.15) is 0 Å². The van der Waals surface area contributed by atoms with Gasteiger partial charge in [-0.1, -0.05) is 52.5 Å². The Morgan fingerprint density at radius 3 is 1.50 bits per heavy atom. The minimum Gasteiger partial charge on any atom is -0.295 e. The largest absolute Gasteiger partial charge is 0.295 e. The van der Waals surface area contributed by atoms with E-state index in [2.05, 4.69) is 13.2 Å². The van der Waals surface area contributed by atoms with Crippen LogP contribution >= 0.6 is 0 Å². The van der Waals surface area contributed by atoms with Gasteiger partial charge >= 0.3 is 0 Å². The molecule has 0 unspecified atom stereocenters. The van der Waals surface area contributed by atoms with Crippen LogP contribution < -0.4 is 0 Å². The molecule has 0 aliphatic heterocycles. The molecule has 0 saturated carbocycles. The van der Waals surface area contributed by atoms with Crippen molar-refractivity contribution in [1.82, 2.24) is 0 Å². The molecule has 0 amide bonds. The van der Waals surface area contributed by atoms with Gasteiger partial charge in [0.05, 0.1) is 0 Å². The molecule has 1 heteroatoms. The third-order valence-electron chi connectivity index (χ3n) is 1.03. The summed E-state index contributed by atoms with van der Waals surface area (Å²) in [6.07, 6.45) is 3.26. The van der Waals surface area contributed by atoms with Crippen molar-refractivity contribution in [2.24, 2.45) is 0 Å². The molecule has 14 heavy (non-hydrogen) atoms. The molecule has 0 aromatic rings. The molecular formula is C13H24O. The van der Waals surface area contributed by atoms with Crippen LogP contribution in [0.2, 0.25) is 0 Å². The fraction of sp³-hybridized carbons (Fsp3) is 0.462. The van der Waals surface area contributed by atoms with Crippen molar-refractivity contribution in [2.45, 2.75) is 41.5 Å². The minimum atomic E-state index is 0.0259. The Bertz CT molecular complexity index is 197. The predicted octanol–water partition coefficient (Wildman–Crippen LogP) is 4.32. The lowest BCUT2D eigenvalue weighted by Gasteiger charge is -1.93. The first-order valence-corrected chi connectivity index (χ1v) is 5.08. The van der Waals surface area contributed by atoms with E-state index in [0.717, 1.165) is 5.57 Å². The minimum absolute atomic E-state index is 0.0259. The van der Waals surface area contributed by atoms with Crippen LogP contribution in [0.5, 0.6) is 0 Å². The third-order valence-corrected chi connectivity index (χ3v) is 1.03. The van der Waals surface area contributed by atoms with Gasteiger partial charge in [-0.05, 0) is 19.9 Å². The first-order chi connectivity index (χ1) is 6.57. The zero-order chi connectivity index (χ0) is 12.1. The fourth-order valence-electron chi connectivity index (χ4n) is 0.570. The van der Waals surface area contributed by atoms with Gasteiger partial charge in [0, 0.05) is 5.57 Å². The van der Waals surface area contributed by atoms with E-state index in [1.54, 1.807) is 6.08 Å². The Morgan fingerprint density at radius 1 is 1.07 bits per heavy atom. The Labute approximate surface area is 89.2 Å². The molecule has 0 fully saturated rings. The van der Waals surface area contributed by atoms with Gasteiger partial charge in [-0.3, -0.25) is 4.79 Å². The summed E-state index contributed by atoms with van der Waals surface area (Å²) < 4.78 is 0. The van der Waals surface area contributed by atoms with Crippen LogP contribution in [0.4, 0.5) is 0 Å². The van der Waals surface area contributed by atoms with Crippen LogP contribution in [0, 0.1) is 0 Å². The number of hydrogen-bond donors (Lipinski definition) is 0. The Balaban J connectivity index is -0.000000266. The zero-order valence-electron chi connectivity index (χ0n) is 10.5. The summed E-state index contributed by atoms with van der Waals surface area (Å²) in [5.41, 5.74) is 1.48. The molecule has 0 N–H and O–H groups in total. The quantitative estimate of drug-likeness (QED) is 0.485. The van der Waals surface area contributed by atoms with Crippen LogP contribution in [-0.2, 0) is 4.79 Å². The monoisotopic (exact) mass is 196 g/mol. The molecule has 1 nitrogen and oxygen atoms in total. The average Bonchev–Trinajstić information content (AvgIpc) is 2.19. The van der Waals surface area contributed by atoms with Crippen LogP contribution in [-0.4, -0.2) is 5.78 Å². The summed E-state index contributed by atoms with van der Waals surface area (Å²) in [5.74, 6) is 0.0259. The number of rotatable bonds is 3. The molecule has 0 aliphatic rings. The third kappa shape index (κ3) is 13.5. The molecule has 0 spiro atoms.